The Morgan fingerprint density at radius 2 is 1.75 bits per heavy atom. The fraction of sp³-hybridized carbons (Fsp3) is 0.889. The summed E-state index contributed by atoms with van der Waals surface area (Å²) >= 11 is 5.78. The van der Waals surface area contributed by atoms with E-state index in [0.717, 1.165) is 0 Å². The van der Waals surface area contributed by atoms with E-state index in [1.165, 1.54) is 0 Å². The second kappa shape index (κ2) is 11.5. The Hall–Kier alpha value is 0.0500. The highest BCUT2D eigenvalue weighted by molar-refractivity contribution is 7.39. The Kier molecular flexibility index (Phi) is 13.3. The molecule has 0 radical (unpaired) electrons. The Labute approximate surface area is 104 Å². The molecular formula is C9H20ClN2O3P. The molecule has 2 N–H and O–H groups in total. The van der Waals surface area contributed by atoms with Gasteiger partial charge in [0.25, 0.3) is 0 Å². The first kappa shape index (κ1) is 18.4. The first-order valence-electron chi connectivity index (χ1n) is 4.94. The van der Waals surface area contributed by atoms with Gasteiger partial charge in [0.15, 0.2) is 0 Å². The molecule has 0 aromatic rings. The summed E-state index contributed by atoms with van der Waals surface area (Å²) in [7, 11) is -2.26. The number of nitrogens with zero attached hydrogens (tertiary/aromatic N) is 2. The topological polar surface area (TPSA) is 76.7 Å². The number of rotatable bonds is 5. The van der Waals surface area contributed by atoms with Crippen molar-refractivity contribution in [1.29, 1.82) is 5.26 Å². The van der Waals surface area contributed by atoms with Gasteiger partial charge in [0.2, 0.25) is 0 Å². The van der Waals surface area contributed by atoms with Crippen LogP contribution in [0.4, 0.5) is 0 Å². The molecule has 0 aromatic carbocycles. The highest BCUT2D eigenvalue weighted by Crippen LogP contribution is 2.23. The molecular weight excluding hydrogens is 251 g/mol. The lowest BCUT2D eigenvalue weighted by molar-refractivity contribution is 0.261. The smallest absolute Gasteiger partial charge is 0.327 e. The molecule has 96 valence electrons. The van der Waals surface area contributed by atoms with Crippen molar-refractivity contribution in [1.82, 2.24) is 4.42 Å². The quantitative estimate of drug-likeness (QED) is 0.456. The lowest BCUT2D eigenvalue weighted by atomic mass is 10.3. The van der Waals surface area contributed by atoms with Crippen molar-refractivity contribution >= 4 is 20.4 Å². The zero-order chi connectivity index (χ0) is 13.1. The molecule has 0 aliphatic heterocycles. The maximum Gasteiger partial charge on any atom is 0.327 e. The number of halogens is 1. The predicted molar refractivity (Wildman–Crippen MR) is 65.5 cm³/mol. The largest absolute Gasteiger partial charge is 0.328 e. The van der Waals surface area contributed by atoms with Crippen LogP contribution in [0.25, 0.3) is 0 Å². The van der Waals surface area contributed by atoms with Gasteiger partial charge in [-0.15, -0.1) is 0 Å². The summed E-state index contributed by atoms with van der Waals surface area (Å²) in [4.78, 5) is 16.1. The van der Waals surface area contributed by atoms with Crippen LogP contribution in [0, 0.1) is 11.3 Å². The van der Waals surface area contributed by atoms with Crippen LogP contribution in [-0.2, 0) is 4.52 Å². The van der Waals surface area contributed by atoms with Crippen LogP contribution in [0.2, 0.25) is 0 Å². The normalized spacial score (nSPS) is 10.6. The molecule has 0 heterocycles. The highest BCUT2D eigenvalue weighted by atomic mass is 35.5. The van der Waals surface area contributed by atoms with Crippen molar-refractivity contribution in [3.05, 3.63) is 0 Å². The minimum atomic E-state index is -2.26. The first-order chi connectivity index (χ1) is 7.32. The van der Waals surface area contributed by atoms with E-state index in [1.54, 1.807) is 10.5 Å². The van der Waals surface area contributed by atoms with Crippen molar-refractivity contribution < 1.29 is 14.3 Å². The van der Waals surface area contributed by atoms with Crippen LogP contribution in [0.5, 0.6) is 0 Å². The van der Waals surface area contributed by atoms with Crippen LogP contribution in [0.3, 0.4) is 0 Å². The molecule has 0 bridgehead atoms. The van der Waals surface area contributed by atoms with E-state index >= 15 is 0 Å². The molecule has 0 spiro atoms. The van der Waals surface area contributed by atoms with E-state index < -0.39 is 8.60 Å². The molecule has 0 fully saturated rings. The van der Waals surface area contributed by atoms with E-state index in [9.17, 15) is 0 Å². The lowest BCUT2D eigenvalue weighted by Gasteiger charge is -2.21. The molecule has 0 unspecified atom stereocenters. The van der Waals surface area contributed by atoms with Gasteiger partial charge in [-0.25, -0.2) is 4.42 Å². The van der Waals surface area contributed by atoms with Gasteiger partial charge in [-0.3, -0.25) is 0 Å². The molecule has 0 aliphatic rings. The van der Waals surface area contributed by atoms with Gasteiger partial charge in [-0.2, -0.15) is 5.26 Å². The SMILES string of the molecule is CC(C)N(Cl)C(C)C.N#CCCOP(O)O. The van der Waals surface area contributed by atoms with Crippen molar-refractivity contribution in [2.45, 2.75) is 46.2 Å². The molecule has 5 nitrogen and oxygen atoms in total. The van der Waals surface area contributed by atoms with E-state index in [1.807, 2.05) is 0 Å². The van der Waals surface area contributed by atoms with Crippen LogP contribution in [0.1, 0.15) is 34.1 Å². The van der Waals surface area contributed by atoms with Crippen molar-refractivity contribution in [2.75, 3.05) is 6.61 Å². The van der Waals surface area contributed by atoms with E-state index in [2.05, 4.69) is 32.2 Å². The molecule has 0 amide bonds. The average molecular weight is 271 g/mol. The minimum Gasteiger partial charge on any atom is -0.328 e. The number of hydrogen-bond donors (Lipinski definition) is 2. The number of nitriles is 1. The predicted octanol–water partition coefficient (Wildman–Crippen LogP) is 2.39. The fourth-order valence-electron chi connectivity index (χ4n) is 0.769. The Balaban J connectivity index is 0. The maximum atomic E-state index is 8.07. The lowest BCUT2D eigenvalue weighted by Crippen LogP contribution is -2.27. The van der Waals surface area contributed by atoms with Crippen molar-refractivity contribution in [3.63, 3.8) is 0 Å². The Bertz CT molecular complexity index is 190. The summed E-state index contributed by atoms with van der Waals surface area (Å²) in [6, 6.07) is 2.67. The third-order valence-corrected chi connectivity index (χ3v) is 2.60. The Morgan fingerprint density at radius 1 is 1.31 bits per heavy atom. The number of hydrogen-bond acceptors (Lipinski definition) is 5. The summed E-state index contributed by atoms with van der Waals surface area (Å²) in [5.41, 5.74) is 0. The van der Waals surface area contributed by atoms with Gasteiger partial charge in [0.1, 0.15) is 0 Å². The van der Waals surface area contributed by atoms with E-state index in [4.69, 9.17) is 26.8 Å². The molecule has 0 atom stereocenters. The zero-order valence-corrected chi connectivity index (χ0v) is 11.7. The molecule has 7 heteroatoms. The van der Waals surface area contributed by atoms with Gasteiger partial charge < -0.3 is 14.3 Å². The van der Waals surface area contributed by atoms with Gasteiger partial charge >= 0.3 is 8.60 Å². The summed E-state index contributed by atoms with van der Waals surface area (Å²) in [5.74, 6) is 0. The standard InChI is InChI=1S/C6H14ClN.C3H6NO3P/c1-5(2)8(7)6(3)4;4-2-1-3-7-8(5)6/h5-6H,1-4H3;5-6H,1,3H2. The van der Waals surface area contributed by atoms with Gasteiger partial charge in [0, 0.05) is 12.1 Å². The van der Waals surface area contributed by atoms with E-state index in [0.29, 0.717) is 12.1 Å². The van der Waals surface area contributed by atoms with Gasteiger partial charge in [-0.1, -0.05) is 0 Å². The molecule has 0 rings (SSSR count). The van der Waals surface area contributed by atoms with Crippen molar-refractivity contribution in [3.8, 4) is 6.07 Å². The average Bonchev–Trinajstić information content (AvgIpc) is 2.17. The summed E-state index contributed by atoms with van der Waals surface area (Å²) < 4.78 is 6.04. The Morgan fingerprint density at radius 3 is 1.94 bits per heavy atom. The summed E-state index contributed by atoms with van der Waals surface area (Å²) in [6.45, 7) is 8.40. The van der Waals surface area contributed by atoms with E-state index in [-0.39, 0.29) is 13.0 Å². The monoisotopic (exact) mass is 270 g/mol. The second-order valence-electron chi connectivity index (χ2n) is 3.53. The molecule has 0 aromatic heterocycles. The molecule has 0 saturated heterocycles. The second-order valence-corrected chi connectivity index (χ2v) is 4.68. The van der Waals surface area contributed by atoms with Crippen LogP contribution in [0.15, 0.2) is 0 Å². The highest BCUT2D eigenvalue weighted by Gasteiger charge is 2.07. The van der Waals surface area contributed by atoms with Crippen molar-refractivity contribution in [2.24, 2.45) is 0 Å². The first-order valence-corrected chi connectivity index (χ1v) is 6.45. The van der Waals surface area contributed by atoms with Gasteiger partial charge in [0.05, 0.1) is 19.1 Å². The minimum absolute atomic E-state index is 0.0925. The fourth-order valence-corrected chi connectivity index (χ4v) is 1.02. The summed E-state index contributed by atoms with van der Waals surface area (Å²) in [6.07, 6.45) is 0.194. The van der Waals surface area contributed by atoms with Crippen LogP contribution in [-0.4, -0.2) is 32.9 Å². The summed E-state index contributed by atoms with van der Waals surface area (Å²) in [5, 5.41) is 7.89. The third-order valence-electron chi connectivity index (χ3n) is 1.41. The molecule has 0 aliphatic carbocycles. The third kappa shape index (κ3) is 14.1. The molecule has 0 saturated carbocycles. The zero-order valence-electron chi connectivity index (χ0n) is 10.1. The maximum absolute atomic E-state index is 8.07. The van der Waals surface area contributed by atoms with Gasteiger partial charge in [-0.05, 0) is 39.5 Å². The van der Waals surface area contributed by atoms with Crippen LogP contribution < -0.4 is 0 Å². The van der Waals surface area contributed by atoms with Crippen LogP contribution >= 0.6 is 20.4 Å². The molecule has 16 heavy (non-hydrogen) atoms.